The first-order valence-electron chi connectivity index (χ1n) is 7.17. The van der Waals surface area contributed by atoms with Crippen LogP contribution in [0.15, 0.2) is 67.0 Å². The molecule has 23 heavy (non-hydrogen) atoms. The number of nitrogens with zero attached hydrogens (tertiary/aromatic N) is 6. The summed E-state index contributed by atoms with van der Waals surface area (Å²) in [5, 5.41) is 18.8. The number of tetrazole rings is 1. The number of benzene rings is 2. The molecule has 4 aromatic rings. The molecular formula is C16H13N7. The van der Waals surface area contributed by atoms with Crippen molar-refractivity contribution in [3.05, 3.63) is 78.4 Å². The Morgan fingerprint density at radius 2 is 1.65 bits per heavy atom. The van der Waals surface area contributed by atoms with E-state index in [2.05, 4.69) is 30.7 Å². The quantitative estimate of drug-likeness (QED) is 0.624. The van der Waals surface area contributed by atoms with Crippen molar-refractivity contribution in [3.63, 3.8) is 0 Å². The lowest BCUT2D eigenvalue weighted by Gasteiger charge is -2.13. The van der Waals surface area contributed by atoms with E-state index in [1.54, 1.807) is 11.0 Å². The molecule has 0 saturated heterocycles. The fourth-order valence-electron chi connectivity index (χ4n) is 2.47. The van der Waals surface area contributed by atoms with E-state index in [0.717, 1.165) is 11.1 Å². The molecule has 2 aromatic carbocycles. The number of hydrogen-bond acceptors (Lipinski definition) is 5. The molecule has 0 amide bonds. The number of H-pyrrole nitrogens is 1. The molecule has 0 aliphatic carbocycles. The first-order chi connectivity index (χ1) is 11.4. The van der Waals surface area contributed by atoms with E-state index in [1.807, 2.05) is 60.7 Å². The number of aromatic nitrogens is 7. The first-order valence-corrected chi connectivity index (χ1v) is 7.17. The first kappa shape index (κ1) is 13.3. The molecule has 1 N–H and O–H groups in total. The van der Waals surface area contributed by atoms with Crippen LogP contribution < -0.4 is 0 Å². The van der Waals surface area contributed by atoms with Gasteiger partial charge in [-0.05, 0) is 16.0 Å². The number of hydrogen-bond donors (Lipinski definition) is 1. The standard InChI is InChI=1S/C16H13N7/c1-3-7-12(8-4-1)14(23-11-17-21-22-23)16-18-15(19-20-16)13-9-5-2-6-10-13/h1-11,14H,(H,18,19,20)/t14-/m0/s1. The van der Waals surface area contributed by atoms with Crippen LogP contribution in [0.5, 0.6) is 0 Å². The van der Waals surface area contributed by atoms with E-state index in [9.17, 15) is 0 Å². The highest BCUT2D eigenvalue weighted by molar-refractivity contribution is 5.54. The molecule has 0 unspecified atom stereocenters. The summed E-state index contributed by atoms with van der Waals surface area (Å²) in [6, 6.07) is 19.5. The van der Waals surface area contributed by atoms with Crippen molar-refractivity contribution in [2.45, 2.75) is 6.04 Å². The SMILES string of the molecule is c1ccc(-c2n[nH]c([C@H](c3ccccc3)n3cnnn3)n2)cc1. The molecular weight excluding hydrogens is 290 g/mol. The van der Waals surface area contributed by atoms with Crippen LogP contribution in [-0.2, 0) is 0 Å². The molecule has 0 fully saturated rings. The van der Waals surface area contributed by atoms with Gasteiger partial charge in [-0.1, -0.05) is 60.7 Å². The lowest BCUT2D eigenvalue weighted by molar-refractivity contribution is 0.547. The molecule has 7 nitrogen and oxygen atoms in total. The second-order valence-corrected chi connectivity index (χ2v) is 5.01. The monoisotopic (exact) mass is 303 g/mol. The highest BCUT2D eigenvalue weighted by Crippen LogP contribution is 2.24. The summed E-state index contributed by atoms with van der Waals surface area (Å²) >= 11 is 0. The Morgan fingerprint density at radius 1 is 0.913 bits per heavy atom. The molecule has 112 valence electrons. The van der Waals surface area contributed by atoms with Gasteiger partial charge >= 0.3 is 0 Å². The van der Waals surface area contributed by atoms with E-state index < -0.39 is 0 Å². The average Bonchev–Trinajstić information content (AvgIpc) is 3.30. The van der Waals surface area contributed by atoms with Gasteiger partial charge in [0.2, 0.25) is 0 Å². The van der Waals surface area contributed by atoms with E-state index in [1.165, 1.54) is 0 Å². The zero-order valence-electron chi connectivity index (χ0n) is 12.1. The fourth-order valence-corrected chi connectivity index (χ4v) is 2.47. The summed E-state index contributed by atoms with van der Waals surface area (Å²) in [4.78, 5) is 4.63. The summed E-state index contributed by atoms with van der Waals surface area (Å²) in [5.41, 5.74) is 1.98. The minimum Gasteiger partial charge on any atom is -0.261 e. The molecule has 0 aliphatic rings. The van der Waals surface area contributed by atoms with Crippen LogP contribution in [0, 0.1) is 0 Å². The average molecular weight is 303 g/mol. The van der Waals surface area contributed by atoms with E-state index in [4.69, 9.17) is 0 Å². The second-order valence-electron chi connectivity index (χ2n) is 5.01. The molecule has 0 radical (unpaired) electrons. The van der Waals surface area contributed by atoms with Gasteiger partial charge in [0.05, 0.1) is 0 Å². The summed E-state index contributed by atoms with van der Waals surface area (Å²) in [6.07, 6.45) is 1.57. The van der Waals surface area contributed by atoms with E-state index in [0.29, 0.717) is 11.6 Å². The fraction of sp³-hybridized carbons (Fsp3) is 0.0625. The number of aromatic amines is 1. The molecule has 0 aliphatic heterocycles. The summed E-state index contributed by atoms with van der Waals surface area (Å²) in [7, 11) is 0. The molecule has 2 heterocycles. The summed E-state index contributed by atoms with van der Waals surface area (Å²) in [5.74, 6) is 1.33. The second kappa shape index (κ2) is 5.80. The van der Waals surface area contributed by atoms with Gasteiger partial charge in [0.15, 0.2) is 11.6 Å². The van der Waals surface area contributed by atoms with Crippen molar-refractivity contribution in [2.75, 3.05) is 0 Å². The van der Waals surface area contributed by atoms with Crippen LogP contribution in [0.4, 0.5) is 0 Å². The molecule has 7 heteroatoms. The van der Waals surface area contributed by atoms with Gasteiger partial charge in [0.1, 0.15) is 12.4 Å². The number of rotatable bonds is 4. The van der Waals surface area contributed by atoms with Crippen LogP contribution in [0.25, 0.3) is 11.4 Å². The lowest BCUT2D eigenvalue weighted by Crippen LogP contribution is -2.14. The van der Waals surface area contributed by atoms with Gasteiger partial charge in [-0.2, -0.15) is 5.10 Å². The van der Waals surface area contributed by atoms with Gasteiger partial charge in [-0.15, -0.1) is 5.10 Å². The van der Waals surface area contributed by atoms with Crippen molar-refractivity contribution in [2.24, 2.45) is 0 Å². The highest BCUT2D eigenvalue weighted by atomic mass is 15.5. The van der Waals surface area contributed by atoms with Crippen molar-refractivity contribution in [3.8, 4) is 11.4 Å². The molecule has 0 bridgehead atoms. The zero-order valence-corrected chi connectivity index (χ0v) is 12.1. The van der Waals surface area contributed by atoms with E-state index in [-0.39, 0.29) is 6.04 Å². The van der Waals surface area contributed by atoms with Crippen LogP contribution in [-0.4, -0.2) is 35.4 Å². The third-order valence-electron chi connectivity index (χ3n) is 3.54. The largest absolute Gasteiger partial charge is 0.261 e. The third-order valence-corrected chi connectivity index (χ3v) is 3.54. The Labute approximate surface area is 132 Å². The van der Waals surface area contributed by atoms with Gasteiger partial charge in [0.25, 0.3) is 0 Å². The maximum atomic E-state index is 4.63. The zero-order chi connectivity index (χ0) is 15.5. The van der Waals surface area contributed by atoms with Gasteiger partial charge < -0.3 is 0 Å². The minimum atomic E-state index is -0.254. The smallest absolute Gasteiger partial charge is 0.181 e. The predicted molar refractivity (Wildman–Crippen MR) is 83.3 cm³/mol. The molecule has 4 rings (SSSR count). The highest BCUT2D eigenvalue weighted by Gasteiger charge is 2.21. The maximum Gasteiger partial charge on any atom is 0.181 e. The van der Waals surface area contributed by atoms with Crippen LogP contribution in [0.2, 0.25) is 0 Å². The summed E-state index contributed by atoms with van der Waals surface area (Å²) < 4.78 is 1.66. The van der Waals surface area contributed by atoms with Crippen molar-refractivity contribution in [1.82, 2.24) is 35.4 Å². The lowest BCUT2D eigenvalue weighted by atomic mass is 10.1. The van der Waals surface area contributed by atoms with Crippen LogP contribution in [0.3, 0.4) is 0 Å². The normalized spacial score (nSPS) is 12.2. The topological polar surface area (TPSA) is 85.2 Å². The third kappa shape index (κ3) is 2.59. The Bertz CT molecular complexity index is 869. The maximum absolute atomic E-state index is 4.63. The Morgan fingerprint density at radius 3 is 2.35 bits per heavy atom. The molecule has 2 aromatic heterocycles. The Hall–Kier alpha value is -3.35. The minimum absolute atomic E-state index is 0.254. The van der Waals surface area contributed by atoms with Crippen molar-refractivity contribution < 1.29 is 0 Å². The van der Waals surface area contributed by atoms with Crippen LogP contribution >= 0.6 is 0 Å². The van der Waals surface area contributed by atoms with Crippen LogP contribution in [0.1, 0.15) is 17.4 Å². The van der Waals surface area contributed by atoms with Crippen molar-refractivity contribution >= 4 is 0 Å². The predicted octanol–water partition coefficient (Wildman–Crippen LogP) is 2.10. The van der Waals surface area contributed by atoms with E-state index >= 15 is 0 Å². The molecule has 0 spiro atoms. The molecule has 0 saturated carbocycles. The number of nitrogens with one attached hydrogen (secondary N) is 1. The Kier molecular flexibility index (Phi) is 3.36. The van der Waals surface area contributed by atoms with Gasteiger partial charge in [-0.3, -0.25) is 5.10 Å². The van der Waals surface area contributed by atoms with Gasteiger partial charge in [0, 0.05) is 5.56 Å². The molecule has 1 atom stereocenters. The van der Waals surface area contributed by atoms with Crippen molar-refractivity contribution in [1.29, 1.82) is 0 Å². The van der Waals surface area contributed by atoms with Gasteiger partial charge in [-0.25, -0.2) is 9.67 Å². The summed E-state index contributed by atoms with van der Waals surface area (Å²) in [6.45, 7) is 0. The Balaban J connectivity index is 1.78.